The van der Waals surface area contributed by atoms with E-state index in [1.165, 1.54) is 25.9 Å². The van der Waals surface area contributed by atoms with E-state index in [0.29, 0.717) is 11.7 Å². The van der Waals surface area contributed by atoms with Crippen LogP contribution in [0, 0.1) is 5.92 Å². The summed E-state index contributed by atoms with van der Waals surface area (Å²) in [6.45, 7) is 8.79. The van der Waals surface area contributed by atoms with Gasteiger partial charge in [-0.05, 0) is 71.8 Å². The summed E-state index contributed by atoms with van der Waals surface area (Å²) in [5.41, 5.74) is 0.457. The Morgan fingerprint density at radius 3 is 2.61 bits per heavy atom. The van der Waals surface area contributed by atoms with Crippen LogP contribution in [0.5, 0.6) is 0 Å². The smallest absolute Gasteiger partial charge is 0.413 e. The number of carbonyl (C=O) groups excluding carboxylic acids is 1. The van der Waals surface area contributed by atoms with Crippen molar-refractivity contribution in [3.8, 4) is 0 Å². The molecule has 2 rings (SSSR count). The summed E-state index contributed by atoms with van der Waals surface area (Å²) in [5, 5.41) is 6.05. The molecule has 1 aromatic rings. The highest BCUT2D eigenvalue weighted by Crippen LogP contribution is 2.18. The molecule has 1 saturated heterocycles. The van der Waals surface area contributed by atoms with E-state index in [2.05, 4.69) is 27.6 Å². The Morgan fingerprint density at radius 2 is 2.04 bits per heavy atom. The second kappa shape index (κ2) is 7.64. The number of ether oxygens (including phenoxy) is 1. The van der Waals surface area contributed by atoms with Gasteiger partial charge in [-0.3, -0.25) is 5.32 Å². The van der Waals surface area contributed by atoms with E-state index in [0.717, 1.165) is 12.2 Å². The van der Waals surface area contributed by atoms with Gasteiger partial charge in [0, 0.05) is 6.54 Å². The lowest BCUT2D eigenvalue weighted by molar-refractivity contribution is 0.0635. The Hall–Kier alpha value is -1.82. The fraction of sp³-hybridized carbons (Fsp3) is 0.647. The van der Waals surface area contributed by atoms with Gasteiger partial charge in [0.15, 0.2) is 0 Å². The molecule has 0 unspecified atom stereocenters. The molecule has 6 heteroatoms. The van der Waals surface area contributed by atoms with Gasteiger partial charge < -0.3 is 15.0 Å². The molecule has 0 aliphatic carbocycles. The summed E-state index contributed by atoms with van der Waals surface area (Å²) in [4.78, 5) is 18.3. The molecule has 0 spiro atoms. The molecule has 1 aliphatic rings. The molecule has 0 saturated carbocycles. The van der Waals surface area contributed by atoms with Gasteiger partial charge in [-0.2, -0.15) is 0 Å². The van der Waals surface area contributed by atoms with Gasteiger partial charge in [-0.1, -0.05) is 0 Å². The Labute approximate surface area is 138 Å². The predicted octanol–water partition coefficient (Wildman–Crippen LogP) is 3.18. The number of amides is 1. The second-order valence-electron chi connectivity index (χ2n) is 7.19. The van der Waals surface area contributed by atoms with E-state index in [1.54, 1.807) is 12.3 Å². The highest BCUT2D eigenvalue weighted by molar-refractivity contribution is 5.83. The third kappa shape index (κ3) is 6.44. The number of piperidine rings is 1. The minimum Gasteiger partial charge on any atom is -0.444 e. The van der Waals surface area contributed by atoms with Crippen LogP contribution in [0.4, 0.5) is 16.3 Å². The number of carbonyl (C=O) groups is 1. The number of aromatic nitrogens is 1. The average molecular weight is 320 g/mol. The van der Waals surface area contributed by atoms with Crippen LogP contribution in [0.15, 0.2) is 18.3 Å². The van der Waals surface area contributed by atoms with E-state index in [1.807, 2.05) is 26.8 Å². The maximum atomic E-state index is 11.7. The number of nitrogens with zero attached hydrogens (tertiary/aromatic N) is 2. The van der Waals surface area contributed by atoms with E-state index in [9.17, 15) is 4.79 Å². The van der Waals surface area contributed by atoms with Crippen LogP contribution in [-0.4, -0.2) is 48.3 Å². The van der Waals surface area contributed by atoms with Crippen molar-refractivity contribution in [2.75, 3.05) is 37.3 Å². The number of nitrogens with one attached hydrogen (secondary N) is 2. The quantitative estimate of drug-likeness (QED) is 0.892. The van der Waals surface area contributed by atoms with E-state index < -0.39 is 11.7 Å². The number of hydrogen-bond acceptors (Lipinski definition) is 5. The molecule has 2 heterocycles. The summed E-state index contributed by atoms with van der Waals surface area (Å²) in [6, 6.07) is 3.70. The molecule has 128 valence electrons. The standard InChI is InChI=1S/C17H28N4O2/c1-17(2,3)23-16(22)20-15-6-5-14(12-19-15)18-11-13-7-9-21(4)10-8-13/h5-6,12-13,18H,7-11H2,1-4H3,(H,19,20,22). The van der Waals surface area contributed by atoms with E-state index >= 15 is 0 Å². The zero-order chi connectivity index (χ0) is 16.9. The van der Waals surface area contributed by atoms with Crippen molar-refractivity contribution < 1.29 is 9.53 Å². The summed E-state index contributed by atoms with van der Waals surface area (Å²) >= 11 is 0. The predicted molar refractivity (Wildman–Crippen MR) is 92.8 cm³/mol. The Bertz CT molecular complexity index is 502. The van der Waals surface area contributed by atoms with Gasteiger partial charge in [0.05, 0.1) is 11.9 Å². The lowest BCUT2D eigenvalue weighted by Crippen LogP contribution is -2.32. The topological polar surface area (TPSA) is 66.5 Å². The molecule has 2 N–H and O–H groups in total. The zero-order valence-corrected chi connectivity index (χ0v) is 14.6. The number of likely N-dealkylation sites (tertiary alicyclic amines) is 1. The molecule has 6 nitrogen and oxygen atoms in total. The van der Waals surface area contributed by atoms with Crippen molar-refractivity contribution >= 4 is 17.6 Å². The lowest BCUT2D eigenvalue weighted by Gasteiger charge is -2.29. The molecule has 23 heavy (non-hydrogen) atoms. The molecule has 1 fully saturated rings. The molecule has 0 bridgehead atoms. The minimum atomic E-state index is -0.514. The molecule has 0 atom stereocenters. The highest BCUT2D eigenvalue weighted by Gasteiger charge is 2.17. The van der Waals surface area contributed by atoms with Crippen LogP contribution in [0.25, 0.3) is 0 Å². The Morgan fingerprint density at radius 1 is 1.35 bits per heavy atom. The SMILES string of the molecule is CN1CCC(CNc2ccc(NC(=O)OC(C)(C)C)nc2)CC1. The van der Waals surface area contributed by atoms with Crippen molar-refractivity contribution in [1.82, 2.24) is 9.88 Å². The molecule has 0 radical (unpaired) electrons. The van der Waals surface area contributed by atoms with Crippen LogP contribution in [0.2, 0.25) is 0 Å². The van der Waals surface area contributed by atoms with Crippen LogP contribution in [-0.2, 0) is 4.74 Å². The normalized spacial score (nSPS) is 16.9. The fourth-order valence-corrected chi connectivity index (χ4v) is 2.51. The first-order valence-electron chi connectivity index (χ1n) is 8.20. The zero-order valence-electron chi connectivity index (χ0n) is 14.6. The Kier molecular flexibility index (Phi) is 5.82. The molecule has 1 amide bonds. The van der Waals surface area contributed by atoms with E-state index in [4.69, 9.17) is 4.74 Å². The Balaban J connectivity index is 1.77. The number of pyridine rings is 1. The van der Waals surface area contributed by atoms with E-state index in [-0.39, 0.29) is 0 Å². The second-order valence-corrected chi connectivity index (χ2v) is 7.19. The van der Waals surface area contributed by atoms with Crippen LogP contribution >= 0.6 is 0 Å². The maximum Gasteiger partial charge on any atom is 0.413 e. The fourth-order valence-electron chi connectivity index (χ4n) is 2.51. The third-order valence-corrected chi connectivity index (χ3v) is 3.83. The monoisotopic (exact) mass is 320 g/mol. The summed E-state index contributed by atoms with van der Waals surface area (Å²) < 4.78 is 5.20. The highest BCUT2D eigenvalue weighted by atomic mass is 16.6. The van der Waals surface area contributed by atoms with Gasteiger partial charge >= 0.3 is 6.09 Å². The van der Waals surface area contributed by atoms with Crippen molar-refractivity contribution in [2.45, 2.75) is 39.2 Å². The summed E-state index contributed by atoms with van der Waals surface area (Å²) in [5.74, 6) is 1.20. The molecule has 1 aromatic heterocycles. The number of anilines is 2. The van der Waals surface area contributed by atoms with Crippen molar-refractivity contribution in [2.24, 2.45) is 5.92 Å². The maximum absolute atomic E-state index is 11.7. The molecule has 1 aliphatic heterocycles. The number of rotatable bonds is 4. The van der Waals surface area contributed by atoms with Crippen LogP contribution < -0.4 is 10.6 Å². The molecular formula is C17H28N4O2. The lowest BCUT2D eigenvalue weighted by atomic mass is 9.97. The first-order valence-corrected chi connectivity index (χ1v) is 8.20. The molecular weight excluding hydrogens is 292 g/mol. The minimum absolute atomic E-state index is 0.489. The van der Waals surface area contributed by atoms with Gasteiger partial charge in [0.2, 0.25) is 0 Å². The third-order valence-electron chi connectivity index (χ3n) is 3.83. The first kappa shape index (κ1) is 17.5. The van der Waals surface area contributed by atoms with Crippen molar-refractivity contribution in [1.29, 1.82) is 0 Å². The van der Waals surface area contributed by atoms with Gasteiger partial charge in [0.25, 0.3) is 0 Å². The van der Waals surface area contributed by atoms with Crippen molar-refractivity contribution in [3.05, 3.63) is 18.3 Å². The van der Waals surface area contributed by atoms with Gasteiger partial charge in [0.1, 0.15) is 11.4 Å². The van der Waals surface area contributed by atoms with Crippen LogP contribution in [0.1, 0.15) is 33.6 Å². The molecule has 0 aromatic carbocycles. The summed E-state index contributed by atoms with van der Waals surface area (Å²) in [6.07, 6.45) is 3.71. The largest absolute Gasteiger partial charge is 0.444 e. The first-order chi connectivity index (χ1) is 10.8. The average Bonchev–Trinajstić information content (AvgIpc) is 2.46. The summed E-state index contributed by atoms with van der Waals surface area (Å²) in [7, 11) is 2.17. The number of hydrogen-bond donors (Lipinski definition) is 2. The van der Waals surface area contributed by atoms with Crippen LogP contribution in [0.3, 0.4) is 0 Å². The van der Waals surface area contributed by atoms with Gasteiger partial charge in [-0.15, -0.1) is 0 Å². The van der Waals surface area contributed by atoms with Crippen molar-refractivity contribution in [3.63, 3.8) is 0 Å². The van der Waals surface area contributed by atoms with Gasteiger partial charge in [-0.25, -0.2) is 9.78 Å².